The second-order valence-corrected chi connectivity index (χ2v) is 5.17. The number of anilines is 1. The van der Waals surface area contributed by atoms with Crippen LogP contribution in [0.25, 0.3) is 10.9 Å². The number of aryl methyl sites for hydroxylation is 2. The summed E-state index contributed by atoms with van der Waals surface area (Å²) in [6.45, 7) is 7.70. The first-order valence-electron chi connectivity index (χ1n) is 7.11. The second kappa shape index (κ2) is 5.52. The third-order valence-corrected chi connectivity index (χ3v) is 3.71. The van der Waals surface area contributed by atoms with Crippen LogP contribution in [-0.4, -0.2) is 26.1 Å². The van der Waals surface area contributed by atoms with Crippen LogP contribution in [0, 0.1) is 20.8 Å². The molecule has 5 heteroatoms. The van der Waals surface area contributed by atoms with E-state index in [0.29, 0.717) is 0 Å². The molecule has 1 N–H and O–H groups in total. The lowest BCUT2D eigenvalue weighted by Gasteiger charge is -2.11. The topological polar surface area (TPSA) is 55.6 Å². The Kier molecular flexibility index (Phi) is 3.56. The molecule has 21 heavy (non-hydrogen) atoms. The van der Waals surface area contributed by atoms with Gasteiger partial charge in [-0.05, 0) is 32.9 Å². The largest absolute Gasteiger partial charge is 0.368 e. The summed E-state index contributed by atoms with van der Waals surface area (Å²) in [5.74, 6) is 1.68. The highest BCUT2D eigenvalue weighted by molar-refractivity contribution is 5.88. The Balaban J connectivity index is 1.78. The number of aromatic nitrogens is 4. The Hall–Kier alpha value is -2.43. The summed E-state index contributed by atoms with van der Waals surface area (Å²) < 4.78 is 2.15. The fourth-order valence-corrected chi connectivity index (χ4v) is 2.39. The molecule has 0 fully saturated rings. The van der Waals surface area contributed by atoms with Gasteiger partial charge in [0.15, 0.2) is 0 Å². The van der Waals surface area contributed by atoms with Crippen LogP contribution in [-0.2, 0) is 6.54 Å². The molecule has 0 spiro atoms. The van der Waals surface area contributed by atoms with Crippen molar-refractivity contribution in [2.45, 2.75) is 27.3 Å². The third kappa shape index (κ3) is 2.72. The van der Waals surface area contributed by atoms with Crippen LogP contribution in [0.1, 0.15) is 17.2 Å². The van der Waals surface area contributed by atoms with Gasteiger partial charge in [-0.1, -0.05) is 12.1 Å². The maximum atomic E-state index is 4.51. The predicted molar refractivity (Wildman–Crippen MR) is 84.5 cm³/mol. The molecule has 0 radical (unpaired) electrons. The number of nitrogens with zero attached hydrogens (tertiary/aromatic N) is 4. The molecule has 0 aliphatic heterocycles. The number of hydrogen-bond acceptors (Lipinski definition) is 4. The predicted octanol–water partition coefficient (Wildman–Crippen LogP) is 2.86. The Morgan fingerprint density at radius 3 is 2.67 bits per heavy atom. The Morgan fingerprint density at radius 2 is 1.90 bits per heavy atom. The van der Waals surface area contributed by atoms with Crippen LogP contribution in [0.2, 0.25) is 0 Å². The normalized spacial score (nSPS) is 11.0. The molecule has 2 aromatic heterocycles. The summed E-state index contributed by atoms with van der Waals surface area (Å²) >= 11 is 0. The Labute approximate surface area is 124 Å². The van der Waals surface area contributed by atoms with Gasteiger partial charge in [0.2, 0.25) is 0 Å². The van der Waals surface area contributed by atoms with E-state index in [-0.39, 0.29) is 0 Å². The highest BCUT2D eigenvalue weighted by Gasteiger charge is 2.05. The van der Waals surface area contributed by atoms with Crippen molar-refractivity contribution < 1.29 is 0 Å². The first-order valence-corrected chi connectivity index (χ1v) is 7.11. The summed E-state index contributed by atoms with van der Waals surface area (Å²) in [7, 11) is 0. The molecule has 3 aromatic rings. The highest BCUT2D eigenvalue weighted by atomic mass is 15.1. The van der Waals surface area contributed by atoms with Gasteiger partial charge in [0.05, 0.1) is 17.5 Å². The van der Waals surface area contributed by atoms with E-state index in [9.17, 15) is 0 Å². The van der Waals surface area contributed by atoms with Crippen molar-refractivity contribution in [2.24, 2.45) is 0 Å². The van der Waals surface area contributed by atoms with Gasteiger partial charge in [-0.3, -0.25) is 0 Å². The Morgan fingerprint density at radius 1 is 1.10 bits per heavy atom. The molecule has 0 unspecified atom stereocenters. The molecule has 108 valence electrons. The van der Waals surface area contributed by atoms with Gasteiger partial charge in [-0.15, -0.1) is 0 Å². The zero-order valence-corrected chi connectivity index (χ0v) is 12.6. The third-order valence-electron chi connectivity index (χ3n) is 3.71. The lowest BCUT2D eigenvalue weighted by molar-refractivity contribution is 0.704. The lowest BCUT2D eigenvalue weighted by Crippen LogP contribution is -2.12. The van der Waals surface area contributed by atoms with Crippen LogP contribution >= 0.6 is 0 Å². The van der Waals surface area contributed by atoms with Gasteiger partial charge >= 0.3 is 0 Å². The van der Waals surface area contributed by atoms with E-state index >= 15 is 0 Å². The molecule has 0 bridgehead atoms. The smallest absolute Gasteiger partial charge is 0.137 e. The van der Waals surface area contributed by atoms with E-state index in [1.54, 1.807) is 0 Å². The molecule has 0 atom stereocenters. The maximum absolute atomic E-state index is 4.51. The second-order valence-electron chi connectivity index (χ2n) is 5.17. The highest BCUT2D eigenvalue weighted by Crippen LogP contribution is 2.19. The fourth-order valence-electron chi connectivity index (χ4n) is 2.39. The summed E-state index contributed by atoms with van der Waals surface area (Å²) in [6.07, 6.45) is 1.88. The molecule has 0 aliphatic carbocycles. The molecule has 0 amide bonds. The van der Waals surface area contributed by atoms with Gasteiger partial charge < -0.3 is 9.88 Å². The van der Waals surface area contributed by atoms with Gasteiger partial charge in [-0.2, -0.15) is 0 Å². The van der Waals surface area contributed by atoms with E-state index < -0.39 is 0 Å². The number of benzene rings is 1. The van der Waals surface area contributed by atoms with Gasteiger partial charge in [0.25, 0.3) is 0 Å². The molecule has 0 saturated heterocycles. The number of fused-ring (bicyclic) bond motifs is 1. The fraction of sp³-hybridized carbons (Fsp3) is 0.312. The number of para-hydroxylation sites is 1. The number of nitrogens with one attached hydrogen (secondary N) is 1. The molecule has 5 nitrogen and oxygen atoms in total. The Bertz CT molecular complexity index is 775. The molecule has 0 saturated carbocycles. The number of rotatable bonds is 4. The van der Waals surface area contributed by atoms with Crippen molar-refractivity contribution in [3.05, 3.63) is 47.8 Å². The quantitative estimate of drug-likeness (QED) is 0.799. The zero-order chi connectivity index (χ0) is 14.8. The summed E-state index contributed by atoms with van der Waals surface area (Å²) in [6, 6.07) is 8.06. The molecule has 2 heterocycles. The number of imidazole rings is 1. The molecular formula is C16H19N5. The van der Waals surface area contributed by atoms with Crippen molar-refractivity contribution in [3.8, 4) is 0 Å². The average molecular weight is 281 g/mol. The summed E-state index contributed by atoms with van der Waals surface area (Å²) in [5, 5.41) is 4.47. The van der Waals surface area contributed by atoms with Crippen LogP contribution in [0.5, 0.6) is 0 Å². The van der Waals surface area contributed by atoms with Gasteiger partial charge in [0, 0.05) is 24.2 Å². The van der Waals surface area contributed by atoms with Crippen LogP contribution in [0.4, 0.5) is 5.82 Å². The summed E-state index contributed by atoms with van der Waals surface area (Å²) in [4.78, 5) is 13.3. The van der Waals surface area contributed by atoms with Crippen molar-refractivity contribution in [2.75, 3.05) is 11.9 Å². The zero-order valence-electron chi connectivity index (χ0n) is 12.6. The van der Waals surface area contributed by atoms with Crippen molar-refractivity contribution >= 4 is 16.7 Å². The number of hydrogen-bond donors (Lipinski definition) is 1. The average Bonchev–Trinajstić information content (AvgIpc) is 2.79. The standard InChI is InChI=1S/C16H19N5/c1-11-12(2)21(10-18-11)9-8-17-16-14-6-4-5-7-15(14)19-13(3)20-16/h4-7,10H,8-9H2,1-3H3,(H,17,19,20). The van der Waals surface area contributed by atoms with Crippen molar-refractivity contribution in [3.63, 3.8) is 0 Å². The summed E-state index contributed by atoms with van der Waals surface area (Å²) in [5.41, 5.74) is 3.26. The molecule has 1 aromatic carbocycles. The SMILES string of the molecule is Cc1nc(NCCn2cnc(C)c2C)c2ccccc2n1. The molecule has 0 aliphatic rings. The minimum Gasteiger partial charge on any atom is -0.368 e. The van der Waals surface area contributed by atoms with E-state index in [4.69, 9.17) is 0 Å². The minimum absolute atomic E-state index is 0.783. The monoisotopic (exact) mass is 281 g/mol. The van der Waals surface area contributed by atoms with E-state index in [0.717, 1.165) is 41.3 Å². The van der Waals surface area contributed by atoms with E-state index in [1.807, 2.05) is 44.4 Å². The lowest BCUT2D eigenvalue weighted by atomic mass is 10.2. The van der Waals surface area contributed by atoms with Crippen molar-refractivity contribution in [1.82, 2.24) is 19.5 Å². The van der Waals surface area contributed by atoms with Gasteiger partial charge in [-0.25, -0.2) is 15.0 Å². The van der Waals surface area contributed by atoms with Crippen molar-refractivity contribution in [1.29, 1.82) is 0 Å². The first-order chi connectivity index (χ1) is 10.1. The maximum Gasteiger partial charge on any atom is 0.137 e. The van der Waals surface area contributed by atoms with E-state index in [2.05, 4.69) is 31.8 Å². The van der Waals surface area contributed by atoms with E-state index in [1.165, 1.54) is 5.69 Å². The molecule has 3 rings (SSSR count). The first kappa shape index (κ1) is 13.5. The van der Waals surface area contributed by atoms with Crippen LogP contribution < -0.4 is 5.32 Å². The minimum atomic E-state index is 0.783. The van der Waals surface area contributed by atoms with Crippen LogP contribution in [0.15, 0.2) is 30.6 Å². The van der Waals surface area contributed by atoms with Gasteiger partial charge in [0.1, 0.15) is 11.6 Å². The van der Waals surface area contributed by atoms with Crippen LogP contribution in [0.3, 0.4) is 0 Å². The molecular weight excluding hydrogens is 262 g/mol.